The molecule has 1 aliphatic carbocycles. The van der Waals surface area contributed by atoms with Crippen LogP contribution in [0.5, 0.6) is 0 Å². The van der Waals surface area contributed by atoms with E-state index in [1.54, 1.807) is 10.9 Å². The van der Waals surface area contributed by atoms with Gasteiger partial charge in [0.25, 0.3) is 0 Å². The highest BCUT2D eigenvalue weighted by molar-refractivity contribution is 5.83. The molecule has 1 unspecified atom stereocenters. The number of rotatable bonds is 12. The molecule has 3 N–H and O–H groups in total. The fourth-order valence-corrected chi connectivity index (χ4v) is 5.82. The van der Waals surface area contributed by atoms with E-state index in [0.29, 0.717) is 42.6 Å². The molecule has 10 heteroatoms. The van der Waals surface area contributed by atoms with E-state index in [0.717, 1.165) is 54.5 Å². The number of amides is 1. The summed E-state index contributed by atoms with van der Waals surface area (Å²) in [5, 5.41) is 29.1. The molecular weight excluding hydrogens is 540 g/mol. The number of hydrogen-bond donors (Lipinski definition) is 3. The van der Waals surface area contributed by atoms with Gasteiger partial charge in [0, 0.05) is 56.7 Å². The van der Waals surface area contributed by atoms with Crippen molar-refractivity contribution >= 4 is 11.7 Å². The van der Waals surface area contributed by atoms with E-state index in [1.807, 2.05) is 68.1 Å². The first-order valence-electron chi connectivity index (χ1n) is 14.9. The molecule has 222 valence electrons. The lowest BCUT2D eigenvalue weighted by molar-refractivity contribution is -0.124. The number of aliphatic hydroxyl groups is 1. The number of hydrogen-bond acceptors (Lipinski definition) is 8. The van der Waals surface area contributed by atoms with Crippen molar-refractivity contribution in [3.8, 4) is 17.2 Å². The summed E-state index contributed by atoms with van der Waals surface area (Å²) in [6, 6.07) is 16.1. The molecule has 0 radical (unpaired) electrons. The van der Waals surface area contributed by atoms with Crippen LogP contribution < -0.4 is 10.6 Å². The number of aromatic nitrogens is 5. The predicted molar refractivity (Wildman–Crippen MR) is 164 cm³/mol. The zero-order valence-corrected chi connectivity index (χ0v) is 24.5. The second-order valence-electron chi connectivity index (χ2n) is 11.2. The van der Waals surface area contributed by atoms with E-state index in [9.17, 15) is 10.1 Å². The highest BCUT2D eigenvalue weighted by Crippen LogP contribution is 2.39. The number of aliphatic hydroxyl groups excluding tert-OH is 1. The lowest BCUT2D eigenvalue weighted by atomic mass is 9.73. The van der Waals surface area contributed by atoms with Gasteiger partial charge in [-0.3, -0.25) is 14.5 Å². The van der Waals surface area contributed by atoms with Gasteiger partial charge in [0.05, 0.1) is 24.0 Å². The van der Waals surface area contributed by atoms with Crippen LogP contribution >= 0.6 is 0 Å². The lowest BCUT2D eigenvalue weighted by Crippen LogP contribution is -2.35. The summed E-state index contributed by atoms with van der Waals surface area (Å²) in [6.07, 6.45) is 12.2. The van der Waals surface area contributed by atoms with Crippen molar-refractivity contribution in [3.05, 3.63) is 89.9 Å². The molecule has 1 aromatic carbocycles. The molecule has 3 heterocycles. The maximum atomic E-state index is 13.7. The number of anilines is 1. The monoisotopic (exact) mass is 578 g/mol. The first-order chi connectivity index (χ1) is 21.0. The van der Waals surface area contributed by atoms with Crippen LogP contribution in [0.25, 0.3) is 11.1 Å². The Morgan fingerprint density at radius 3 is 2.56 bits per heavy atom. The quantitative estimate of drug-likeness (QED) is 0.210. The van der Waals surface area contributed by atoms with Crippen LogP contribution in [-0.4, -0.2) is 48.9 Å². The summed E-state index contributed by atoms with van der Waals surface area (Å²) in [5.74, 6) is 1.44. The minimum Gasteiger partial charge on any atom is -0.396 e. The van der Waals surface area contributed by atoms with Gasteiger partial charge in [0.1, 0.15) is 23.3 Å². The van der Waals surface area contributed by atoms with Crippen LogP contribution in [0.1, 0.15) is 60.7 Å². The van der Waals surface area contributed by atoms with Crippen LogP contribution in [0.15, 0.2) is 67.3 Å². The third-order valence-corrected chi connectivity index (χ3v) is 8.16. The molecule has 0 aliphatic heterocycles. The van der Waals surface area contributed by atoms with Crippen molar-refractivity contribution in [1.29, 1.82) is 5.26 Å². The topological polar surface area (TPSA) is 142 Å². The zero-order valence-electron chi connectivity index (χ0n) is 24.5. The molecule has 10 nitrogen and oxygen atoms in total. The zero-order chi connectivity index (χ0) is 30.0. The molecule has 5 rings (SSSR count). The Bertz CT molecular complexity index is 1520. The Hall–Kier alpha value is -4.62. The average molecular weight is 579 g/mol. The van der Waals surface area contributed by atoms with Crippen LogP contribution in [0.4, 0.5) is 5.82 Å². The van der Waals surface area contributed by atoms with E-state index in [1.165, 1.54) is 0 Å². The van der Waals surface area contributed by atoms with Crippen molar-refractivity contribution < 1.29 is 9.90 Å². The smallest absolute Gasteiger partial charge is 0.229 e. The number of nitrogens with zero attached hydrogens (tertiary/aromatic N) is 6. The Morgan fingerprint density at radius 2 is 1.88 bits per heavy atom. The summed E-state index contributed by atoms with van der Waals surface area (Å²) in [7, 11) is 1.89. The van der Waals surface area contributed by atoms with Crippen LogP contribution in [-0.2, 0) is 24.8 Å². The fraction of sp³-hybridized carbons (Fsp3) is 0.394. The van der Waals surface area contributed by atoms with Gasteiger partial charge in [0.15, 0.2) is 0 Å². The molecular formula is C33H38N8O2. The van der Waals surface area contributed by atoms with Gasteiger partial charge in [-0.05, 0) is 55.6 Å². The molecule has 1 amide bonds. The summed E-state index contributed by atoms with van der Waals surface area (Å²) < 4.78 is 1.76. The second-order valence-corrected chi connectivity index (χ2v) is 11.2. The van der Waals surface area contributed by atoms with Crippen LogP contribution in [0.3, 0.4) is 0 Å². The Labute approximate surface area is 252 Å². The Balaban J connectivity index is 1.27. The number of benzene rings is 1. The van der Waals surface area contributed by atoms with Gasteiger partial charge in [-0.15, -0.1) is 0 Å². The van der Waals surface area contributed by atoms with Gasteiger partial charge in [0.2, 0.25) is 5.91 Å². The molecule has 1 fully saturated rings. The van der Waals surface area contributed by atoms with E-state index >= 15 is 0 Å². The standard InChI is InChI=1S/C33H38N8O2/c1-41-22-28(21-39-41)26-12-13-29(36-19-26)31(33(43)38-18-24-6-3-2-4-7-24)25-10-8-23(9-11-25)16-30-37-20-27(17-34)32(40-30)35-14-5-15-42/h2-4,6-7,12-13,19-23,25,31,42H,5,8-11,14-16,18H2,1H3,(H,38,43)(H,35,37,40)/t23-,25-,31?. The molecule has 4 aromatic rings. The van der Waals surface area contributed by atoms with Gasteiger partial charge < -0.3 is 15.7 Å². The van der Waals surface area contributed by atoms with Crippen molar-refractivity contribution in [3.63, 3.8) is 0 Å². The van der Waals surface area contributed by atoms with Crippen LogP contribution in [0, 0.1) is 23.2 Å². The van der Waals surface area contributed by atoms with Crippen LogP contribution in [0.2, 0.25) is 0 Å². The summed E-state index contributed by atoms with van der Waals surface area (Å²) >= 11 is 0. The predicted octanol–water partition coefficient (Wildman–Crippen LogP) is 4.39. The highest BCUT2D eigenvalue weighted by Gasteiger charge is 2.34. The van der Waals surface area contributed by atoms with E-state index < -0.39 is 0 Å². The Kier molecular flexibility index (Phi) is 10.1. The first-order valence-corrected chi connectivity index (χ1v) is 14.9. The SMILES string of the molecule is Cn1cc(-c2ccc(C(C(=O)NCc3ccccc3)[C@H]3CC[C@H](Cc4ncc(C#N)c(NCCCO)n4)CC3)nc2)cn1. The number of carbonyl (C=O) groups excluding carboxylic acids is 1. The number of aryl methyl sites for hydroxylation is 1. The number of nitriles is 1. The van der Waals surface area contributed by atoms with Gasteiger partial charge in [-0.25, -0.2) is 9.97 Å². The van der Waals surface area contributed by atoms with E-state index in [-0.39, 0.29) is 24.3 Å². The fourth-order valence-electron chi connectivity index (χ4n) is 5.82. The molecule has 1 aliphatic rings. The largest absolute Gasteiger partial charge is 0.396 e. The molecule has 1 atom stereocenters. The van der Waals surface area contributed by atoms with Gasteiger partial charge in [-0.2, -0.15) is 10.4 Å². The minimum atomic E-state index is -0.346. The van der Waals surface area contributed by atoms with Gasteiger partial charge >= 0.3 is 0 Å². The molecule has 1 saturated carbocycles. The lowest BCUT2D eigenvalue weighted by Gasteiger charge is -2.33. The van der Waals surface area contributed by atoms with Crippen molar-refractivity contribution in [2.75, 3.05) is 18.5 Å². The Morgan fingerprint density at radius 1 is 1.07 bits per heavy atom. The second kappa shape index (κ2) is 14.5. The maximum absolute atomic E-state index is 13.7. The summed E-state index contributed by atoms with van der Waals surface area (Å²) in [4.78, 5) is 27.6. The molecule has 0 saturated heterocycles. The van der Waals surface area contributed by atoms with Crippen molar-refractivity contribution in [2.24, 2.45) is 18.9 Å². The number of pyridine rings is 1. The maximum Gasteiger partial charge on any atom is 0.229 e. The van der Waals surface area contributed by atoms with E-state index in [2.05, 4.69) is 31.8 Å². The first kappa shape index (κ1) is 29.9. The molecule has 0 spiro atoms. The molecule has 3 aromatic heterocycles. The normalized spacial score (nSPS) is 17.1. The van der Waals surface area contributed by atoms with Crippen molar-refractivity contribution in [2.45, 2.75) is 51.0 Å². The summed E-state index contributed by atoms with van der Waals surface area (Å²) in [5.41, 5.74) is 4.21. The van der Waals surface area contributed by atoms with Gasteiger partial charge in [-0.1, -0.05) is 36.4 Å². The summed E-state index contributed by atoms with van der Waals surface area (Å²) in [6.45, 7) is 1.09. The molecule has 43 heavy (non-hydrogen) atoms. The highest BCUT2D eigenvalue weighted by atomic mass is 16.3. The minimum absolute atomic E-state index is 0.00273. The molecule has 0 bridgehead atoms. The number of nitrogens with one attached hydrogen (secondary N) is 2. The third kappa shape index (κ3) is 7.81. The average Bonchev–Trinajstić information content (AvgIpc) is 3.48. The van der Waals surface area contributed by atoms with Crippen molar-refractivity contribution in [1.82, 2.24) is 30.0 Å². The van der Waals surface area contributed by atoms with E-state index in [4.69, 9.17) is 10.1 Å². The third-order valence-electron chi connectivity index (χ3n) is 8.16. The number of carbonyl (C=O) groups is 1.